The van der Waals surface area contributed by atoms with Gasteiger partial charge in [-0.1, -0.05) is 12.2 Å². The molecule has 22 heavy (non-hydrogen) atoms. The highest BCUT2D eigenvalue weighted by Crippen LogP contribution is 2.26. The molecule has 0 heterocycles. The van der Waals surface area contributed by atoms with E-state index in [1.165, 1.54) is 0 Å². The van der Waals surface area contributed by atoms with Gasteiger partial charge in [-0.3, -0.25) is 0 Å². The van der Waals surface area contributed by atoms with Gasteiger partial charge in [0.1, 0.15) is 17.3 Å². The maximum atomic E-state index is 5.39. The van der Waals surface area contributed by atoms with Crippen LogP contribution in [0.3, 0.4) is 0 Å². The SMILES string of the molecule is C\C=C(OC)/C(=C\COC)/C=C/c1ccc(OC)cc1OC. The first-order valence-corrected chi connectivity index (χ1v) is 7.00. The fourth-order valence-electron chi connectivity index (χ4n) is 1.96. The zero-order valence-electron chi connectivity index (χ0n) is 13.9. The predicted molar refractivity (Wildman–Crippen MR) is 89.3 cm³/mol. The van der Waals surface area contributed by atoms with Gasteiger partial charge in [0.25, 0.3) is 0 Å². The normalized spacial score (nSPS) is 12.6. The Morgan fingerprint density at radius 1 is 1.09 bits per heavy atom. The molecule has 4 heteroatoms. The highest BCUT2D eigenvalue weighted by Gasteiger charge is 2.04. The predicted octanol–water partition coefficient (Wildman–Crippen LogP) is 3.84. The standard InChI is InChI=1S/C18H24O4/c1-6-17(21-4)15(11-12-19-2)8-7-14-9-10-16(20-3)13-18(14)22-5/h6-11,13H,12H2,1-5H3/b8-7+,15-11-,17-6+. The lowest BCUT2D eigenvalue weighted by atomic mass is 10.1. The van der Waals surface area contributed by atoms with E-state index in [1.807, 2.05) is 49.4 Å². The van der Waals surface area contributed by atoms with Crippen molar-refractivity contribution in [2.24, 2.45) is 0 Å². The Balaban J connectivity index is 3.10. The van der Waals surface area contributed by atoms with Crippen molar-refractivity contribution >= 4 is 6.08 Å². The molecule has 0 aliphatic heterocycles. The van der Waals surface area contributed by atoms with E-state index in [0.29, 0.717) is 6.61 Å². The van der Waals surface area contributed by atoms with Crippen molar-refractivity contribution in [2.45, 2.75) is 6.92 Å². The zero-order chi connectivity index (χ0) is 16.4. The third-order valence-electron chi connectivity index (χ3n) is 3.12. The molecule has 0 spiro atoms. The summed E-state index contributed by atoms with van der Waals surface area (Å²) in [7, 11) is 6.58. The lowest BCUT2D eigenvalue weighted by Gasteiger charge is -2.09. The topological polar surface area (TPSA) is 36.9 Å². The molecule has 0 fully saturated rings. The fraction of sp³-hybridized carbons (Fsp3) is 0.333. The quantitative estimate of drug-likeness (QED) is 0.540. The second kappa shape index (κ2) is 9.68. The first kappa shape index (κ1) is 17.9. The molecule has 0 amide bonds. The van der Waals surface area contributed by atoms with E-state index >= 15 is 0 Å². The van der Waals surface area contributed by atoms with Gasteiger partial charge >= 0.3 is 0 Å². The second-order valence-electron chi connectivity index (χ2n) is 4.41. The maximum absolute atomic E-state index is 5.39. The van der Waals surface area contributed by atoms with Crippen LogP contribution in [0.5, 0.6) is 11.5 Å². The number of methoxy groups -OCH3 is 4. The van der Waals surface area contributed by atoms with E-state index < -0.39 is 0 Å². The molecule has 0 N–H and O–H groups in total. The van der Waals surface area contributed by atoms with Crippen molar-refractivity contribution in [3.63, 3.8) is 0 Å². The van der Waals surface area contributed by atoms with E-state index in [4.69, 9.17) is 18.9 Å². The van der Waals surface area contributed by atoms with Crippen LogP contribution >= 0.6 is 0 Å². The average Bonchev–Trinajstić information content (AvgIpc) is 2.57. The van der Waals surface area contributed by atoms with Gasteiger partial charge in [0.15, 0.2) is 0 Å². The monoisotopic (exact) mass is 304 g/mol. The molecule has 0 aliphatic rings. The highest BCUT2D eigenvalue weighted by atomic mass is 16.5. The van der Waals surface area contributed by atoms with Crippen LogP contribution in [0.2, 0.25) is 0 Å². The molecular formula is C18H24O4. The Morgan fingerprint density at radius 2 is 1.86 bits per heavy atom. The summed E-state index contributed by atoms with van der Waals surface area (Å²) in [5.41, 5.74) is 1.91. The molecule has 0 aromatic heterocycles. The molecule has 1 rings (SSSR count). The van der Waals surface area contributed by atoms with Gasteiger partial charge in [-0.05, 0) is 31.2 Å². The van der Waals surface area contributed by atoms with Crippen molar-refractivity contribution in [3.05, 3.63) is 53.3 Å². The molecule has 0 radical (unpaired) electrons. The summed E-state index contributed by atoms with van der Waals surface area (Å²) in [6.45, 7) is 2.45. The van der Waals surface area contributed by atoms with Crippen molar-refractivity contribution < 1.29 is 18.9 Å². The summed E-state index contributed by atoms with van der Waals surface area (Å²) in [4.78, 5) is 0. The Bertz CT molecular complexity index is 556. The molecule has 1 aromatic rings. The number of rotatable bonds is 8. The van der Waals surface area contributed by atoms with Crippen molar-refractivity contribution in [1.82, 2.24) is 0 Å². The third kappa shape index (κ3) is 4.97. The van der Waals surface area contributed by atoms with Gasteiger partial charge in [-0.2, -0.15) is 0 Å². The van der Waals surface area contributed by atoms with Gasteiger partial charge < -0.3 is 18.9 Å². The van der Waals surface area contributed by atoms with Crippen LogP contribution in [-0.4, -0.2) is 35.0 Å². The van der Waals surface area contributed by atoms with Crippen LogP contribution in [0.25, 0.3) is 6.08 Å². The smallest absolute Gasteiger partial charge is 0.129 e. The molecule has 1 aromatic carbocycles. The summed E-state index contributed by atoms with van der Waals surface area (Å²) in [5.74, 6) is 2.30. The minimum Gasteiger partial charge on any atom is -0.497 e. The van der Waals surface area contributed by atoms with E-state index in [9.17, 15) is 0 Å². The summed E-state index contributed by atoms with van der Waals surface area (Å²) >= 11 is 0. The Kier molecular flexibility index (Phi) is 7.86. The van der Waals surface area contributed by atoms with Crippen LogP contribution in [0.4, 0.5) is 0 Å². The second-order valence-corrected chi connectivity index (χ2v) is 4.41. The van der Waals surface area contributed by atoms with Gasteiger partial charge in [0.2, 0.25) is 0 Å². The van der Waals surface area contributed by atoms with Crippen molar-refractivity contribution in [3.8, 4) is 11.5 Å². The Morgan fingerprint density at radius 3 is 2.41 bits per heavy atom. The zero-order valence-corrected chi connectivity index (χ0v) is 13.9. The number of ether oxygens (including phenoxy) is 4. The Labute approximate surface area is 132 Å². The number of hydrogen-bond acceptors (Lipinski definition) is 4. The molecule has 4 nitrogen and oxygen atoms in total. The van der Waals surface area contributed by atoms with Crippen LogP contribution < -0.4 is 9.47 Å². The molecule has 0 saturated heterocycles. The van der Waals surface area contributed by atoms with E-state index in [-0.39, 0.29) is 0 Å². The van der Waals surface area contributed by atoms with Gasteiger partial charge in [0.05, 0.1) is 27.9 Å². The molecular weight excluding hydrogens is 280 g/mol. The number of hydrogen-bond donors (Lipinski definition) is 0. The van der Waals surface area contributed by atoms with Gasteiger partial charge in [-0.25, -0.2) is 0 Å². The summed E-state index contributed by atoms with van der Waals surface area (Å²) in [6.07, 6.45) is 7.83. The van der Waals surface area contributed by atoms with Crippen LogP contribution in [0.15, 0.2) is 47.8 Å². The van der Waals surface area contributed by atoms with E-state index in [2.05, 4.69) is 0 Å². The van der Waals surface area contributed by atoms with E-state index in [1.54, 1.807) is 28.4 Å². The number of benzene rings is 1. The molecule has 0 atom stereocenters. The molecule has 120 valence electrons. The average molecular weight is 304 g/mol. The molecule has 0 bridgehead atoms. The molecule has 0 unspecified atom stereocenters. The van der Waals surface area contributed by atoms with Crippen molar-refractivity contribution in [2.75, 3.05) is 35.0 Å². The maximum Gasteiger partial charge on any atom is 0.129 e. The third-order valence-corrected chi connectivity index (χ3v) is 3.12. The van der Waals surface area contributed by atoms with Crippen LogP contribution in [0, 0.1) is 0 Å². The first-order chi connectivity index (χ1) is 10.7. The number of allylic oxidation sites excluding steroid dienone is 2. The molecule has 0 aliphatic carbocycles. The van der Waals surface area contributed by atoms with E-state index in [0.717, 1.165) is 28.4 Å². The lowest BCUT2D eigenvalue weighted by Crippen LogP contribution is -1.94. The minimum atomic E-state index is 0.514. The molecule has 0 saturated carbocycles. The summed E-state index contributed by atoms with van der Waals surface area (Å²) in [6, 6.07) is 5.70. The largest absolute Gasteiger partial charge is 0.497 e. The van der Waals surface area contributed by atoms with Gasteiger partial charge in [-0.15, -0.1) is 0 Å². The fourth-order valence-corrected chi connectivity index (χ4v) is 1.96. The van der Waals surface area contributed by atoms with Gasteiger partial charge in [0, 0.05) is 24.3 Å². The summed E-state index contributed by atoms with van der Waals surface area (Å²) < 4.78 is 21.1. The minimum absolute atomic E-state index is 0.514. The Hall–Kier alpha value is -2.20. The van der Waals surface area contributed by atoms with Crippen molar-refractivity contribution in [1.29, 1.82) is 0 Å². The lowest BCUT2D eigenvalue weighted by molar-refractivity contribution is 0.232. The highest BCUT2D eigenvalue weighted by molar-refractivity contribution is 5.62. The van der Waals surface area contributed by atoms with Crippen LogP contribution in [-0.2, 0) is 9.47 Å². The first-order valence-electron chi connectivity index (χ1n) is 7.00. The summed E-state index contributed by atoms with van der Waals surface area (Å²) in [5, 5.41) is 0. The van der Waals surface area contributed by atoms with Crippen LogP contribution in [0.1, 0.15) is 12.5 Å².